The number of carbonyl (C=O) groups excluding carboxylic acids is 1. The number of carbonyl (C=O) groups is 1. The fourth-order valence-corrected chi connectivity index (χ4v) is 4.28. The van der Waals surface area contributed by atoms with Crippen LogP contribution in [0.4, 0.5) is 33.3 Å². The molecular formula is C26H22F5N3O3. The molecule has 0 N–H and O–H groups in total. The number of alkyl halides is 4. The van der Waals surface area contributed by atoms with Crippen LogP contribution in [0.25, 0.3) is 0 Å². The molecule has 0 aliphatic carbocycles. The van der Waals surface area contributed by atoms with E-state index in [2.05, 4.69) is 0 Å². The summed E-state index contributed by atoms with van der Waals surface area (Å²) in [6, 6.07) is 19.5. The molecule has 4 atom stereocenters. The van der Waals surface area contributed by atoms with E-state index in [4.69, 9.17) is 0 Å². The monoisotopic (exact) mass is 519 g/mol. The molecule has 11 heteroatoms. The second kappa shape index (κ2) is 10.9. The van der Waals surface area contributed by atoms with E-state index in [1.165, 1.54) is 4.90 Å². The molecule has 0 aromatic heterocycles. The first-order valence-electron chi connectivity index (χ1n) is 11.3. The van der Waals surface area contributed by atoms with Crippen molar-refractivity contribution in [2.45, 2.75) is 44.4 Å². The van der Waals surface area contributed by atoms with Gasteiger partial charge in [-0.3, -0.25) is 19.8 Å². The van der Waals surface area contributed by atoms with E-state index in [0.717, 1.165) is 12.1 Å². The van der Waals surface area contributed by atoms with Crippen molar-refractivity contribution in [1.82, 2.24) is 4.90 Å². The van der Waals surface area contributed by atoms with Gasteiger partial charge in [-0.25, -0.2) is 22.0 Å². The van der Waals surface area contributed by atoms with Crippen molar-refractivity contribution in [3.05, 3.63) is 105 Å². The topological polar surface area (TPSA) is 66.7 Å². The van der Waals surface area contributed by atoms with Crippen LogP contribution in [-0.2, 0) is 24.3 Å². The summed E-state index contributed by atoms with van der Waals surface area (Å²) in [5, 5.41) is 11.8. The molecule has 0 spiro atoms. The Labute approximate surface area is 209 Å². The molecule has 1 amide bonds. The third-order valence-corrected chi connectivity index (χ3v) is 6.11. The van der Waals surface area contributed by atoms with Crippen molar-refractivity contribution in [1.29, 1.82) is 0 Å². The molecule has 0 radical (unpaired) electrons. The molecule has 4 rings (SSSR count). The number of amides is 1. The van der Waals surface area contributed by atoms with E-state index < -0.39 is 64.9 Å². The SMILES string of the molecule is O=C(Cc1ccc([N+](=O)[O-])c(N(Cc2ccccc2)Cc2ccccc2)c1F)N1C(F)C(F)C(F)C1F. The summed E-state index contributed by atoms with van der Waals surface area (Å²) in [5.74, 6) is -2.54. The summed E-state index contributed by atoms with van der Waals surface area (Å²) in [7, 11) is 0. The number of anilines is 1. The Balaban J connectivity index is 1.73. The van der Waals surface area contributed by atoms with E-state index in [0.29, 0.717) is 11.1 Å². The Bertz CT molecular complexity index is 1210. The van der Waals surface area contributed by atoms with Gasteiger partial charge in [0, 0.05) is 19.2 Å². The molecule has 1 heterocycles. The van der Waals surface area contributed by atoms with Gasteiger partial charge in [0.2, 0.25) is 18.5 Å². The van der Waals surface area contributed by atoms with Crippen LogP contribution in [0, 0.1) is 15.9 Å². The number of rotatable bonds is 8. The second-order valence-corrected chi connectivity index (χ2v) is 8.60. The third kappa shape index (κ3) is 5.40. The lowest BCUT2D eigenvalue weighted by Gasteiger charge is -2.26. The number of hydrogen-bond acceptors (Lipinski definition) is 4. The van der Waals surface area contributed by atoms with Gasteiger partial charge in [0.15, 0.2) is 23.8 Å². The summed E-state index contributed by atoms with van der Waals surface area (Å²) in [6.07, 6.45) is -12.4. The highest BCUT2D eigenvalue weighted by atomic mass is 19.2. The summed E-state index contributed by atoms with van der Waals surface area (Å²) in [4.78, 5) is 24.8. The average Bonchev–Trinajstić information content (AvgIpc) is 3.08. The van der Waals surface area contributed by atoms with E-state index >= 15 is 4.39 Å². The smallest absolute Gasteiger partial charge is 0.295 e. The minimum atomic E-state index is -2.87. The van der Waals surface area contributed by atoms with Crippen LogP contribution in [0.5, 0.6) is 0 Å². The number of benzene rings is 3. The average molecular weight is 519 g/mol. The summed E-state index contributed by atoms with van der Waals surface area (Å²) in [5.41, 5.74) is 0.0168. The number of nitrogens with zero attached hydrogens (tertiary/aromatic N) is 3. The summed E-state index contributed by atoms with van der Waals surface area (Å²) < 4.78 is 71.2. The highest BCUT2D eigenvalue weighted by molar-refractivity contribution is 5.81. The van der Waals surface area contributed by atoms with Crippen LogP contribution < -0.4 is 4.90 Å². The third-order valence-electron chi connectivity index (χ3n) is 6.11. The number of nitro benzene ring substituents is 1. The standard InChI is InChI=1S/C26H22F5N3O3/c27-21-18(13-20(35)33-25(30)22(28)23(29)26(33)31)11-12-19(34(36)37)24(21)32(14-16-7-3-1-4-8-16)15-17-9-5-2-6-10-17/h1-12,22-23,25-26H,13-15H2. The number of halogens is 5. The Morgan fingerprint density at radius 2 is 1.32 bits per heavy atom. The molecular weight excluding hydrogens is 497 g/mol. The number of likely N-dealkylation sites (tertiary alicyclic amines) is 1. The predicted molar refractivity (Wildman–Crippen MR) is 126 cm³/mol. The number of nitro groups is 1. The molecule has 194 valence electrons. The van der Waals surface area contributed by atoms with Crippen molar-refractivity contribution in [3.63, 3.8) is 0 Å². The van der Waals surface area contributed by atoms with Gasteiger partial charge in [0.05, 0.1) is 11.3 Å². The van der Waals surface area contributed by atoms with Gasteiger partial charge in [-0.05, 0) is 22.8 Å². The molecule has 1 saturated heterocycles. The van der Waals surface area contributed by atoms with E-state index in [1.807, 2.05) is 0 Å². The highest BCUT2D eigenvalue weighted by Gasteiger charge is 2.53. The van der Waals surface area contributed by atoms with Crippen molar-refractivity contribution in [3.8, 4) is 0 Å². The van der Waals surface area contributed by atoms with Crippen molar-refractivity contribution in [2.75, 3.05) is 4.90 Å². The Morgan fingerprint density at radius 1 is 0.838 bits per heavy atom. The zero-order valence-corrected chi connectivity index (χ0v) is 19.3. The first-order chi connectivity index (χ1) is 17.7. The predicted octanol–water partition coefficient (Wildman–Crippen LogP) is 5.59. The minimum Gasteiger partial charge on any atom is -0.355 e. The van der Waals surface area contributed by atoms with Gasteiger partial charge in [-0.2, -0.15) is 0 Å². The van der Waals surface area contributed by atoms with Gasteiger partial charge in [-0.15, -0.1) is 0 Å². The maximum Gasteiger partial charge on any atom is 0.295 e. The molecule has 3 aromatic carbocycles. The van der Waals surface area contributed by atoms with Crippen LogP contribution in [0.1, 0.15) is 16.7 Å². The van der Waals surface area contributed by atoms with Crippen LogP contribution in [-0.4, -0.2) is 40.7 Å². The Morgan fingerprint density at radius 3 is 1.78 bits per heavy atom. The second-order valence-electron chi connectivity index (χ2n) is 8.60. The fourth-order valence-electron chi connectivity index (χ4n) is 4.28. The van der Waals surface area contributed by atoms with Crippen molar-refractivity contribution >= 4 is 17.3 Å². The van der Waals surface area contributed by atoms with Gasteiger partial charge < -0.3 is 4.90 Å². The zero-order valence-electron chi connectivity index (χ0n) is 19.3. The molecule has 3 aromatic rings. The maximum absolute atomic E-state index is 15.9. The number of hydrogen-bond donors (Lipinski definition) is 0. The normalized spacial score (nSPS) is 21.2. The lowest BCUT2D eigenvalue weighted by molar-refractivity contribution is -0.384. The van der Waals surface area contributed by atoms with Crippen molar-refractivity contribution < 1.29 is 31.7 Å². The van der Waals surface area contributed by atoms with Crippen LogP contribution >= 0.6 is 0 Å². The summed E-state index contributed by atoms with van der Waals surface area (Å²) in [6.45, 7) is 0.117. The largest absolute Gasteiger partial charge is 0.355 e. The lowest BCUT2D eigenvalue weighted by atomic mass is 10.1. The summed E-state index contributed by atoms with van der Waals surface area (Å²) >= 11 is 0. The van der Waals surface area contributed by atoms with Crippen LogP contribution in [0.3, 0.4) is 0 Å². The molecule has 37 heavy (non-hydrogen) atoms. The Kier molecular flexibility index (Phi) is 7.70. The quantitative estimate of drug-likeness (QED) is 0.168. The molecule has 1 aliphatic heterocycles. The fraction of sp³-hybridized carbons (Fsp3) is 0.269. The van der Waals surface area contributed by atoms with Gasteiger partial charge in [0.25, 0.3) is 5.69 Å². The first kappa shape index (κ1) is 26.1. The van der Waals surface area contributed by atoms with Gasteiger partial charge in [-0.1, -0.05) is 60.7 Å². The van der Waals surface area contributed by atoms with Crippen molar-refractivity contribution in [2.24, 2.45) is 0 Å². The molecule has 4 unspecified atom stereocenters. The van der Waals surface area contributed by atoms with E-state index in [9.17, 15) is 32.5 Å². The first-order valence-corrected chi connectivity index (χ1v) is 11.3. The maximum atomic E-state index is 15.9. The molecule has 0 saturated carbocycles. The van der Waals surface area contributed by atoms with Gasteiger partial charge >= 0.3 is 0 Å². The lowest BCUT2D eigenvalue weighted by Crippen LogP contribution is -2.40. The molecule has 1 fully saturated rings. The zero-order chi connectivity index (χ0) is 26.7. The minimum absolute atomic E-state index is 0.0587. The van der Waals surface area contributed by atoms with E-state index in [1.54, 1.807) is 60.7 Å². The van der Waals surface area contributed by atoms with Crippen LogP contribution in [0.2, 0.25) is 0 Å². The van der Waals surface area contributed by atoms with Gasteiger partial charge in [0.1, 0.15) is 0 Å². The Hall–Kier alpha value is -4.02. The van der Waals surface area contributed by atoms with Crippen LogP contribution in [0.15, 0.2) is 72.8 Å². The highest BCUT2D eigenvalue weighted by Crippen LogP contribution is 2.37. The molecule has 6 nitrogen and oxygen atoms in total. The van der Waals surface area contributed by atoms with E-state index in [-0.39, 0.29) is 18.0 Å². The molecule has 1 aliphatic rings. The molecule has 0 bridgehead atoms.